The molecule has 0 aromatic carbocycles. The number of carboxylic acid groups (broad SMARTS) is 4. The lowest BCUT2D eigenvalue weighted by Crippen LogP contribution is -2.69. The van der Waals surface area contributed by atoms with E-state index in [2.05, 4.69) is 11.5 Å². The highest BCUT2D eigenvalue weighted by Crippen LogP contribution is 2.40. The fourth-order valence-electron chi connectivity index (χ4n) is 2.24. The van der Waals surface area contributed by atoms with E-state index in [4.69, 9.17) is 10.2 Å². The van der Waals surface area contributed by atoms with Gasteiger partial charge in [-0.05, 0) is 12.8 Å². The Morgan fingerprint density at radius 2 is 1.04 bits per heavy atom. The molecule has 0 aliphatic heterocycles. The maximum absolute atomic E-state index is 10.3. The molecule has 0 spiro atoms. The van der Waals surface area contributed by atoms with Gasteiger partial charge in [0.15, 0.2) is 0 Å². The molecule has 2 fully saturated rings. The van der Waals surface area contributed by atoms with E-state index >= 15 is 0 Å². The van der Waals surface area contributed by atoms with Crippen LogP contribution in [-0.4, -0.2) is 57.1 Å². The molecule has 140 valence electrons. The Bertz CT molecular complexity index is 452. The van der Waals surface area contributed by atoms with Crippen molar-refractivity contribution in [2.45, 2.75) is 24.9 Å². The predicted octanol–water partition coefficient (Wildman–Crippen LogP) is -7.51. The Labute approximate surface area is 135 Å². The van der Waals surface area contributed by atoms with Crippen LogP contribution in [0.15, 0.2) is 0 Å². The van der Waals surface area contributed by atoms with E-state index in [1.54, 1.807) is 0 Å². The minimum atomic E-state index is -1.27. The Morgan fingerprint density at radius 1 is 0.792 bits per heavy atom. The van der Waals surface area contributed by atoms with Crippen molar-refractivity contribution in [1.29, 1.82) is 0 Å². The van der Waals surface area contributed by atoms with Crippen molar-refractivity contribution < 1.29 is 62.0 Å². The third-order valence-electron chi connectivity index (χ3n) is 3.95. The summed E-state index contributed by atoms with van der Waals surface area (Å²) in [5.41, 5.74) is 6.61. The molecule has 12 heteroatoms. The Balaban J connectivity index is 0. The molecule has 0 amide bonds. The van der Waals surface area contributed by atoms with Crippen LogP contribution in [-0.2, 0) is 19.2 Å². The summed E-state index contributed by atoms with van der Waals surface area (Å²) in [6, 6.07) is -1.76. The average Bonchev–Trinajstić information content (AvgIpc) is 3.27. The zero-order chi connectivity index (χ0) is 17.2. The van der Waals surface area contributed by atoms with Gasteiger partial charge in [0.1, 0.15) is 12.1 Å². The molecule has 0 radical (unpaired) electrons. The smallest absolute Gasteiger partial charge is 0.307 e. The highest BCUT2D eigenvalue weighted by molar-refractivity contribution is 5.78. The fourth-order valence-corrected chi connectivity index (χ4v) is 2.24. The van der Waals surface area contributed by atoms with Crippen molar-refractivity contribution in [2.75, 3.05) is 0 Å². The summed E-state index contributed by atoms with van der Waals surface area (Å²) in [4.78, 5) is 40.9. The van der Waals surface area contributed by atoms with Crippen molar-refractivity contribution in [3.05, 3.63) is 0 Å². The predicted molar refractivity (Wildman–Crippen MR) is 69.1 cm³/mol. The summed E-state index contributed by atoms with van der Waals surface area (Å²) in [5, 5.41) is 37.2. The van der Waals surface area contributed by atoms with Gasteiger partial charge in [0, 0.05) is 11.8 Å². The molecule has 0 aromatic rings. The molecular formula is C12H22N2O10. The lowest BCUT2D eigenvalue weighted by molar-refractivity contribution is -0.442. The molecule has 0 unspecified atom stereocenters. The molecule has 0 heterocycles. The van der Waals surface area contributed by atoms with Gasteiger partial charge in [-0.1, -0.05) is 0 Å². The van der Waals surface area contributed by atoms with E-state index in [0.29, 0.717) is 12.8 Å². The molecule has 12 nitrogen and oxygen atoms in total. The molecule has 0 bridgehead atoms. The molecule has 2 saturated carbocycles. The fraction of sp³-hybridized carbons (Fsp3) is 0.667. The standard InChI is InChI=1S/2C6H9NO4.2H2O/c2*7-4(6(10)11)2-1-3(2)5(8)9;;/h2*2-4H,1,7H2,(H,8,9)(H,10,11);2*1H2/t2*2-,3+,4-;;/m10../s1. The van der Waals surface area contributed by atoms with Crippen LogP contribution in [0.1, 0.15) is 12.8 Å². The molecule has 24 heavy (non-hydrogen) atoms. The highest BCUT2D eigenvalue weighted by Gasteiger charge is 2.50. The number of carbonyl (C=O) groups excluding carboxylic acids is 2. The number of hydrogen-bond acceptors (Lipinski definition) is 6. The third-order valence-corrected chi connectivity index (χ3v) is 3.95. The summed E-state index contributed by atoms with van der Waals surface area (Å²) < 4.78 is 0. The normalized spacial score (nSPS) is 28.4. The van der Waals surface area contributed by atoms with E-state index in [1.807, 2.05) is 0 Å². The van der Waals surface area contributed by atoms with Crippen molar-refractivity contribution in [3.63, 3.8) is 0 Å². The largest absolute Gasteiger partial charge is 0.544 e. The number of carboxylic acids is 4. The second kappa shape index (κ2) is 9.12. The minimum absolute atomic E-state index is 0. The van der Waals surface area contributed by atoms with Crippen molar-refractivity contribution in [2.24, 2.45) is 23.7 Å². The van der Waals surface area contributed by atoms with Crippen molar-refractivity contribution >= 4 is 23.9 Å². The van der Waals surface area contributed by atoms with Gasteiger partial charge < -0.3 is 52.4 Å². The minimum Gasteiger partial charge on any atom is -0.544 e. The van der Waals surface area contributed by atoms with Crippen LogP contribution < -0.4 is 21.7 Å². The van der Waals surface area contributed by atoms with Crippen LogP contribution in [0, 0.1) is 23.7 Å². The maximum Gasteiger partial charge on any atom is 0.307 e. The number of hydrogen-bond donors (Lipinski definition) is 4. The van der Waals surface area contributed by atoms with Crippen molar-refractivity contribution in [1.82, 2.24) is 0 Å². The Hall–Kier alpha value is -2.28. The number of quaternary nitrogens is 2. The SMILES string of the molecule is O.O.[NH3+][C@@H](C(=O)[O-])[C@@H]1C[C@@H]1C(=O)O.[NH3+][C@H](C(=O)[O-])[C@H]1C[C@H]1C(=O)O. The van der Waals surface area contributed by atoms with Gasteiger partial charge in [0.25, 0.3) is 0 Å². The van der Waals surface area contributed by atoms with Crippen LogP contribution >= 0.6 is 0 Å². The molecular weight excluding hydrogens is 332 g/mol. The molecule has 0 aromatic heterocycles. The first-order valence-electron chi connectivity index (χ1n) is 6.61. The second-order valence-corrected chi connectivity index (χ2v) is 5.54. The van der Waals surface area contributed by atoms with Crippen LogP contribution in [0.2, 0.25) is 0 Å². The Morgan fingerprint density at radius 3 is 1.17 bits per heavy atom. The van der Waals surface area contributed by atoms with E-state index in [0.717, 1.165) is 0 Å². The zero-order valence-corrected chi connectivity index (χ0v) is 12.6. The van der Waals surface area contributed by atoms with Gasteiger partial charge in [-0.15, -0.1) is 0 Å². The first-order chi connectivity index (χ1) is 10.1. The van der Waals surface area contributed by atoms with Crippen LogP contribution in [0.4, 0.5) is 0 Å². The second-order valence-electron chi connectivity index (χ2n) is 5.54. The van der Waals surface area contributed by atoms with E-state index in [1.165, 1.54) is 0 Å². The van der Waals surface area contributed by atoms with Gasteiger partial charge in [-0.25, -0.2) is 0 Å². The van der Waals surface area contributed by atoms with Crippen molar-refractivity contribution in [3.8, 4) is 0 Å². The van der Waals surface area contributed by atoms with Gasteiger partial charge >= 0.3 is 11.9 Å². The number of carbonyl (C=O) groups is 4. The van der Waals surface area contributed by atoms with Gasteiger partial charge in [0.05, 0.1) is 23.8 Å². The maximum atomic E-state index is 10.3. The molecule has 2 rings (SSSR count). The van der Waals surface area contributed by atoms with Gasteiger partial charge in [-0.2, -0.15) is 0 Å². The van der Waals surface area contributed by atoms with E-state index < -0.39 is 47.8 Å². The summed E-state index contributed by atoms with van der Waals surface area (Å²) in [5.74, 6) is -6.09. The molecule has 0 saturated heterocycles. The quantitative estimate of drug-likeness (QED) is 0.354. The first kappa shape index (κ1) is 24.0. The van der Waals surface area contributed by atoms with Crippen LogP contribution in [0.5, 0.6) is 0 Å². The summed E-state index contributed by atoms with van der Waals surface area (Å²) in [6.07, 6.45) is 0.828. The summed E-state index contributed by atoms with van der Waals surface area (Å²) in [7, 11) is 0. The topological polar surface area (TPSA) is 273 Å². The third kappa shape index (κ3) is 6.08. The van der Waals surface area contributed by atoms with Crippen LogP contribution in [0.3, 0.4) is 0 Å². The number of rotatable bonds is 6. The van der Waals surface area contributed by atoms with Gasteiger partial charge in [-0.3, -0.25) is 9.59 Å². The first-order valence-corrected chi connectivity index (χ1v) is 6.61. The lowest BCUT2D eigenvalue weighted by atomic mass is 10.1. The lowest BCUT2D eigenvalue weighted by Gasteiger charge is -2.06. The molecule has 2 aliphatic carbocycles. The molecule has 6 atom stereocenters. The monoisotopic (exact) mass is 354 g/mol. The summed E-state index contributed by atoms with van der Waals surface area (Å²) in [6.45, 7) is 0. The van der Waals surface area contributed by atoms with Crippen LogP contribution in [0.25, 0.3) is 0 Å². The zero-order valence-electron chi connectivity index (χ0n) is 12.6. The molecule has 12 N–H and O–H groups in total. The number of aliphatic carboxylic acids is 4. The molecule has 2 aliphatic rings. The average molecular weight is 354 g/mol. The van der Waals surface area contributed by atoms with E-state index in [-0.39, 0.29) is 22.8 Å². The van der Waals surface area contributed by atoms with Gasteiger partial charge in [0.2, 0.25) is 0 Å². The summed E-state index contributed by atoms with van der Waals surface area (Å²) >= 11 is 0. The Kier molecular flexibility index (Phi) is 9.11. The van der Waals surface area contributed by atoms with E-state index in [9.17, 15) is 29.4 Å². The highest BCUT2D eigenvalue weighted by atomic mass is 16.4.